The molecule has 0 aliphatic carbocycles. The van der Waals surface area contributed by atoms with E-state index in [0.29, 0.717) is 25.9 Å². The van der Waals surface area contributed by atoms with E-state index in [1.807, 2.05) is 0 Å². The van der Waals surface area contributed by atoms with Gasteiger partial charge in [0.2, 0.25) is 10.0 Å². The molecule has 0 spiro atoms. The number of aliphatic hydroxyl groups is 1. The summed E-state index contributed by atoms with van der Waals surface area (Å²) in [6.45, 7) is 0.738. The van der Waals surface area contributed by atoms with E-state index in [0.717, 1.165) is 12.3 Å². The van der Waals surface area contributed by atoms with E-state index in [2.05, 4.69) is 4.98 Å². The minimum Gasteiger partial charge on any atom is -0.396 e. The highest BCUT2D eigenvalue weighted by Gasteiger charge is 2.30. The van der Waals surface area contributed by atoms with Crippen molar-refractivity contribution in [2.75, 3.05) is 19.7 Å². The molecule has 0 radical (unpaired) electrons. The van der Waals surface area contributed by atoms with Crippen molar-refractivity contribution in [3.63, 3.8) is 0 Å². The first-order valence-electron chi connectivity index (χ1n) is 6.16. The molecule has 1 N–H and O–H groups in total. The second-order valence-electron chi connectivity index (χ2n) is 4.64. The van der Waals surface area contributed by atoms with Crippen molar-refractivity contribution in [1.82, 2.24) is 9.29 Å². The van der Waals surface area contributed by atoms with E-state index in [1.165, 1.54) is 10.4 Å². The van der Waals surface area contributed by atoms with Crippen molar-refractivity contribution < 1.29 is 18.4 Å². The largest absolute Gasteiger partial charge is 0.396 e. The van der Waals surface area contributed by atoms with Crippen LogP contribution < -0.4 is 0 Å². The molecule has 1 aliphatic rings. The Balaban J connectivity index is 2.16. The van der Waals surface area contributed by atoms with Crippen LogP contribution in [0.1, 0.15) is 12.8 Å². The molecule has 110 valence electrons. The Kier molecular flexibility index (Phi) is 4.31. The number of sulfonamides is 1. The first-order chi connectivity index (χ1) is 9.45. The third-order valence-electron chi connectivity index (χ3n) is 3.38. The molecule has 1 saturated heterocycles. The maximum atomic E-state index is 12.3. The van der Waals surface area contributed by atoms with E-state index in [1.54, 1.807) is 0 Å². The molecule has 0 saturated carbocycles. The standard InChI is InChI=1S/C11H15N3O5S/c15-8-9-3-5-13(6-4-9)20(18,19)10-1-2-11(12-7-10)14(16)17/h1-2,7,9,15H,3-6,8H2. The van der Waals surface area contributed by atoms with Crippen LogP contribution in [0.25, 0.3) is 0 Å². The normalized spacial score (nSPS) is 18.1. The summed E-state index contributed by atoms with van der Waals surface area (Å²) in [6, 6.07) is 2.27. The van der Waals surface area contributed by atoms with Crippen molar-refractivity contribution >= 4 is 15.8 Å². The molecule has 1 fully saturated rings. The van der Waals surface area contributed by atoms with Gasteiger partial charge in [0, 0.05) is 25.8 Å². The number of piperidine rings is 1. The number of aliphatic hydroxyl groups excluding tert-OH is 1. The van der Waals surface area contributed by atoms with Crippen LogP contribution in [0.15, 0.2) is 23.2 Å². The second-order valence-corrected chi connectivity index (χ2v) is 6.58. The molecular formula is C11H15N3O5S. The van der Waals surface area contributed by atoms with Gasteiger partial charge < -0.3 is 15.2 Å². The Hall–Kier alpha value is -1.58. The zero-order valence-corrected chi connectivity index (χ0v) is 11.5. The number of hydrogen-bond donors (Lipinski definition) is 1. The molecule has 9 heteroatoms. The van der Waals surface area contributed by atoms with Crippen LogP contribution in [0.3, 0.4) is 0 Å². The maximum Gasteiger partial charge on any atom is 0.363 e. The predicted molar refractivity (Wildman–Crippen MR) is 69.5 cm³/mol. The fourth-order valence-corrected chi connectivity index (χ4v) is 3.53. The van der Waals surface area contributed by atoms with E-state index in [9.17, 15) is 18.5 Å². The van der Waals surface area contributed by atoms with Gasteiger partial charge in [-0.3, -0.25) is 0 Å². The Morgan fingerprint density at radius 2 is 2.05 bits per heavy atom. The van der Waals surface area contributed by atoms with Crippen LogP contribution in [0, 0.1) is 16.0 Å². The van der Waals surface area contributed by atoms with Crippen LogP contribution in [0.5, 0.6) is 0 Å². The average Bonchev–Trinajstić information content (AvgIpc) is 2.47. The summed E-state index contributed by atoms with van der Waals surface area (Å²) in [6.07, 6.45) is 2.22. The Morgan fingerprint density at radius 3 is 2.50 bits per heavy atom. The third kappa shape index (κ3) is 2.94. The van der Waals surface area contributed by atoms with Crippen LogP contribution in [-0.2, 0) is 10.0 Å². The van der Waals surface area contributed by atoms with Gasteiger partial charge in [-0.2, -0.15) is 4.31 Å². The first kappa shape index (κ1) is 14.8. The molecule has 0 bridgehead atoms. The summed E-state index contributed by atoms with van der Waals surface area (Å²) in [7, 11) is -3.67. The summed E-state index contributed by atoms with van der Waals surface area (Å²) >= 11 is 0. The van der Waals surface area contributed by atoms with Crippen LogP contribution in [0.4, 0.5) is 5.82 Å². The molecule has 0 unspecified atom stereocenters. The highest BCUT2D eigenvalue weighted by atomic mass is 32.2. The Bertz CT molecular complexity index is 579. The quantitative estimate of drug-likeness (QED) is 0.635. The molecule has 1 aromatic heterocycles. The predicted octanol–water partition coefficient (Wildman–Crippen LogP) is 0.383. The number of hydrogen-bond acceptors (Lipinski definition) is 6. The maximum absolute atomic E-state index is 12.3. The third-order valence-corrected chi connectivity index (χ3v) is 5.26. The fourth-order valence-electron chi connectivity index (χ4n) is 2.11. The van der Waals surface area contributed by atoms with Crippen molar-refractivity contribution in [3.05, 3.63) is 28.4 Å². The van der Waals surface area contributed by atoms with E-state index < -0.39 is 14.9 Å². The number of rotatable bonds is 4. The van der Waals surface area contributed by atoms with Gasteiger partial charge in [0.15, 0.2) is 6.20 Å². The minimum absolute atomic E-state index is 0.0504. The Labute approximate surface area is 116 Å². The number of aromatic nitrogens is 1. The monoisotopic (exact) mass is 301 g/mol. The van der Waals surface area contributed by atoms with Gasteiger partial charge >= 0.3 is 5.82 Å². The summed E-state index contributed by atoms with van der Waals surface area (Å²) in [5, 5.41) is 19.5. The lowest BCUT2D eigenvalue weighted by molar-refractivity contribution is -0.389. The van der Waals surface area contributed by atoms with Crippen LogP contribution in [-0.4, -0.2) is 47.4 Å². The zero-order chi connectivity index (χ0) is 14.8. The molecule has 2 rings (SSSR count). The topological polar surface area (TPSA) is 114 Å². The fraction of sp³-hybridized carbons (Fsp3) is 0.545. The van der Waals surface area contributed by atoms with Crippen molar-refractivity contribution in [2.45, 2.75) is 17.7 Å². The second kappa shape index (κ2) is 5.81. The van der Waals surface area contributed by atoms with Crippen LogP contribution >= 0.6 is 0 Å². The minimum atomic E-state index is -3.67. The van der Waals surface area contributed by atoms with Crippen molar-refractivity contribution in [3.8, 4) is 0 Å². The lowest BCUT2D eigenvalue weighted by atomic mass is 10.00. The van der Waals surface area contributed by atoms with Gasteiger partial charge in [0.1, 0.15) is 4.90 Å². The highest BCUT2D eigenvalue weighted by molar-refractivity contribution is 7.89. The van der Waals surface area contributed by atoms with Gasteiger partial charge in [-0.15, -0.1) is 0 Å². The molecular weight excluding hydrogens is 286 g/mol. The average molecular weight is 301 g/mol. The van der Waals surface area contributed by atoms with E-state index in [4.69, 9.17) is 5.11 Å². The lowest BCUT2D eigenvalue weighted by Crippen LogP contribution is -2.39. The molecule has 2 heterocycles. The molecule has 0 atom stereocenters. The summed E-state index contributed by atoms with van der Waals surface area (Å²) < 4.78 is 26.0. The smallest absolute Gasteiger partial charge is 0.363 e. The summed E-state index contributed by atoms with van der Waals surface area (Å²) in [5.41, 5.74) is 0. The molecule has 1 aromatic rings. The number of nitrogens with zero attached hydrogens (tertiary/aromatic N) is 3. The first-order valence-corrected chi connectivity index (χ1v) is 7.60. The molecule has 1 aliphatic heterocycles. The number of nitro groups is 1. The molecule has 0 amide bonds. The van der Waals surface area contributed by atoms with E-state index in [-0.39, 0.29) is 23.2 Å². The lowest BCUT2D eigenvalue weighted by Gasteiger charge is -2.29. The zero-order valence-electron chi connectivity index (χ0n) is 10.7. The Morgan fingerprint density at radius 1 is 1.40 bits per heavy atom. The van der Waals surface area contributed by atoms with Gasteiger partial charge in [0.25, 0.3) is 0 Å². The van der Waals surface area contributed by atoms with Crippen molar-refractivity contribution in [1.29, 1.82) is 0 Å². The van der Waals surface area contributed by atoms with Crippen molar-refractivity contribution in [2.24, 2.45) is 5.92 Å². The molecule has 20 heavy (non-hydrogen) atoms. The molecule has 8 nitrogen and oxygen atoms in total. The van der Waals surface area contributed by atoms with E-state index >= 15 is 0 Å². The SMILES string of the molecule is O=[N+]([O-])c1ccc(S(=O)(=O)N2CCC(CO)CC2)cn1. The van der Waals surface area contributed by atoms with Gasteiger partial charge in [-0.05, 0) is 34.7 Å². The van der Waals surface area contributed by atoms with Crippen LogP contribution in [0.2, 0.25) is 0 Å². The number of pyridine rings is 1. The molecule has 0 aromatic carbocycles. The highest BCUT2D eigenvalue weighted by Crippen LogP contribution is 2.23. The van der Waals surface area contributed by atoms with Gasteiger partial charge in [0.05, 0.1) is 0 Å². The summed E-state index contributed by atoms with van der Waals surface area (Å²) in [4.78, 5) is 13.3. The van der Waals surface area contributed by atoms with Gasteiger partial charge in [-0.25, -0.2) is 8.42 Å². The summed E-state index contributed by atoms with van der Waals surface area (Å²) in [5.74, 6) is -0.251. The van der Waals surface area contributed by atoms with Gasteiger partial charge in [-0.1, -0.05) is 0 Å².